The Morgan fingerprint density at radius 2 is 1.03 bits per heavy atom. The lowest BCUT2D eigenvalue weighted by atomic mass is 9.91. The van der Waals surface area contributed by atoms with E-state index in [1.165, 1.54) is 94.6 Å². The monoisotopic (exact) mass is 1390 g/mol. The zero-order chi connectivity index (χ0) is 74.8. The highest BCUT2D eigenvalue weighted by molar-refractivity contribution is 6.00. The minimum Gasteiger partial charge on any atom is -0.447 e. The fourth-order valence-corrected chi connectivity index (χ4v) is 13.1. The second-order valence-electron chi connectivity index (χ2n) is 29.5. The smallest absolute Gasteiger partial charge is 0.410 e. The number of piperazine rings is 1. The maximum Gasteiger partial charge on any atom is 0.410 e. The number of hydrogen-bond donors (Lipinski definition) is 5. The third-order valence-electron chi connectivity index (χ3n) is 19.5. The lowest BCUT2D eigenvalue weighted by Crippen LogP contribution is -2.64. The van der Waals surface area contributed by atoms with Crippen LogP contribution in [0.2, 0.25) is 0 Å². The van der Waals surface area contributed by atoms with Crippen molar-refractivity contribution in [2.24, 2.45) is 41.4 Å². The molecule has 0 bridgehead atoms. The van der Waals surface area contributed by atoms with Crippen molar-refractivity contribution in [3.05, 3.63) is 12.2 Å². The molecule has 3 aliphatic rings. The number of rotatable bonds is 19. The van der Waals surface area contributed by atoms with E-state index in [2.05, 4.69) is 26.2 Å². The van der Waals surface area contributed by atoms with Crippen LogP contribution >= 0.6 is 0 Å². The molecule has 3 rings (SSSR count). The fourth-order valence-electron chi connectivity index (χ4n) is 13.1. The molecular weight excluding hydrogens is 1260 g/mol. The predicted octanol–water partition coefficient (Wildman–Crippen LogP) is 2.40. The molecule has 0 aromatic carbocycles. The highest BCUT2D eigenvalue weighted by Crippen LogP contribution is 2.27. The van der Waals surface area contributed by atoms with Crippen molar-refractivity contribution in [3.8, 4) is 0 Å². The average molecular weight is 1390 g/mol. The van der Waals surface area contributed by atoms with Crippen molar-refractivity contribution in [2.75, 3.05) is 95.3 Å². The number of carbonyl (C=O) groups excluding carboxylic acids is 12. The summed E-state index contributed by atoms with van der Waals surface area (Å²) in [5.41, 5.74) is 0. The van der Waals surface area contributed by atoms with Gasteiger partial charge in [-0.1, -0.05) is 102 Å². The van der Waals surface area contributed by atoms with Crippen molar-refractivity contribution < 1.29 is 72.1 Å². The lowest BCUT2D eigenvalue weighted by Gasteiger charge is -2.41. The lowest BCUT2D eigenvalue weighted by molar-refractivity contribution is -0.157. The van der Waals surface area contributed by atoms with E-state index < -0.39 is 161 Å². The maximum atomic E-state index is 15.3. The molecule has 15 atom stereocenters. The normalized spacial score (nSPS) is 28.4. The van der Waals surface area contributed by atoms with E-state index in [1.54, 1.807) is 72.4 Å². The Labute approximate surface area is 583 Å². The fraction of sp³-hybridized carbons (Fsp3) is 0.800. The number of allylic oxidation sites excluding steroid dienone is 2. The Morgan fingerprint density at radius 1 is 0.531 bits per heavy atom. The maximum absolute atomic E-state index is 15.3. The zero-order valence-electron chi connectivity index (χ0n) is 63.4. The van der Waals surface area contributed by atoms with Gasteiger partial charge in [0, 0.05) is 81.4 Å². The van der Waals surface area contributed by atoms with E-state index in [9.17, 15) is 33.9 Å². The highest BCUT2D eigenvalue weighted by atomic mass is 16.6. The van der Waals surface area contributed by atoms with Crippen molar-refractivity contribution in [3.63, 3.8) is 0 Å². The van der Waals surface area contributed by atoms with Crippen molar-refractivity contribution in [1.82, 2.24) is 65.4 Å². The molecule has 0 spiro atoms. The van der Waals surface area contributed by atoms with Gasteiger partial charge < -0.3 is 70.1 Å². The van der Waals surface area contributed by atoms with Crippen LogP contribution in [0.25, 0.3) is 0 Å². The molecule has 28 nitrogen and oxygen atoms in total. The highest BCUT2D eigenvalue weighted by Gasteiger charge is 2.47. The molecule has 12 amide bonds. The summed E-state index contributed by atoms with van der Waals surface area (Å²) < 4.78 is 11.5. The molecule has 0 radical (unpaired) electrons. The number of aliphatic hydroxyl groups is 1. The molecule has 0 aromatic heterocycles. The number of carbonyl (C=O) groups is 12. The minimum absolute atomic E-state index is 0.0228. The molecule has 0 aliphatic carbocycles. The third-order valence-corrected chi connectivity index (χ3v) is 19.5. The van der Waals surface area contributed by atoms with E-state index in [-0.39, 0.29) is 81.8 Å². The van der Waals surface area contributed by atoms with Crippen LogP contribution in [0.1, 0.15) is 150 Å². The summed E-state index contributed by atoms with van der Waals surface area (Å²) in [4.78, 5) is 188. The van der Waals surface area contributed by atoms with Gasteiger partial charge in [0.15, 0.2) is 0 Å². The van der Waals surface area contributed by atoms with Crippen LogP contribution in [-0.2, 0) is 62.2 Å². The number of hydrogen-bond acceptors (Lipinski definition) is 16. The molecule has 0 unspecified atom stereocenters. The van der Waals surface area contributed by atoms with Crippen LogP contribution in [0.3, 0.4) is 0 Å². The molecule has 3 heterocycles. The first-order chi connectivity index (χ1) is 45.6. The Hall–Kier alpha value is -6.94. The largest absolute Gasteiger partial charge is 0.447 e. The van der Waals surface area contributed by atoms with Crippen LogP contribution in [0.15, 0.2) is 12.2 Å². The van der Waals surface area contributed by atoms with Crippen LogP contribution in [0.5, 0.6) is 0 Å². The summed E-state index contributed by atoms with van der Waals surface area (Å²) >= 11 is 0. The first kappa shape index (κ1) is 85.3. The summed E-state index contributed by atoms with van der Waals surface area (Å²) in [5.74, 6) is -11.0. The van der Waals surface area contributed by atoms with E-state index >= 15 is 28.8 Å². The van der Waals surface area contributed by atoms with Gasteiger partial charge in [-0.05, 0) is 95.3 Å². The van der Waals surface area contributed by atoms with Crippen molar-refractivity contribution >= 4 is 71.1 Å². The molecular formula is C70H123N13O15. The van der Waals surface area contributed by atoms with Gasteiger partial charge in [-0.15, -0.1) is 0 Å². The second kappa shape index (κ2) is 38.6. The second-order valence-corrected chi connectivity index (χ2v) is 29.5. The first-order valence-corrected chi connectivity index (χ1v) is 35.2. The van der Waals surface area contributed by atoms with Crippen molar-refractivity contribution in [2.45, 2.75) is 228 Å². The van der Waals surface area contributed by atoms with Gasteiger partial charge in [0.25, 0.3) is 0 Å². The van der Waals surface area contributed by atoms with Crippen molar-refractivity contribution in [1.29, 1.82) is 0 Å². The minimum atomic E-state index is -1.65. The topological polar surface area (TPSA) is 321 Å². The van der Waals surface area contributed by atoms with Crippen LogP contribution in [-0.4, -0.2) is 294 Å². The number of aliphatic hydroxyl groups excluding tert-OH is 1. The van der Waals surface area contributed by atoms with Gasteiger partial charge in [0.1, 0.15) is 73.1 Å². The number of nitrogens with zero attached hydrogens (tertiary/aromatic N) is 9. The Bertz CT molecular complexity index is 2780. The summed E-state index contributed by atoms with van der Waals surface area (Å²) in [6.07, 6.45) is 2.35. The van der Waals surface area contributed by atoms with Crippen LogP contribution in [0.4, 0.5) is 4.79 Å². The molecule has 0 saturated carbocycles. The summed E-state index contributed by atoms with van der Waals surface area (Å²) in [6, 6.07) is -14.4. The summed E-state index contributed by atoms with van der Waals surface area (Å²) in [6.45, 7) is 31.8. The molecule has 3 aliphatic heterocycles. The van der Waals surface area contributed by atoms with E-state index in [4.69, 9.17) is 9.47 Å². The van der Waals surface area contributed by atoms with E-state index in [1.807, 2.05) is 41.5 Å². The van der Waals surface area contributed by atoms with E-state index in [0.717, 1.165) is 9.80 Å². The quantitative estimate of drug-likeness (QED) is 0.0916. The predicted molar refractivity (Wildman–Crippen MR) is 372 cm³/mol. The summed E-state index contributed by atoms with van der Waals surface area (Å²) in [7, 11) is 9.87. The molecule has 0 aromatic rings. The summed E-state index contributed by atoms with van der Waals surface area (Å²) in [5, 5.41) is 23.3. The van der Waals surface area contributed by atoms with Crippen LogP contribution in [0, 0.1) is 41.4 Å². The Balaban J connectivity index is 2.30. The van der Waals surface area contributed by atoms with E-state index in [0.29, 0.717) is 26.2 Å². The van der Waals surface area contributed by atoms with Gasteiger partial charge in [-0.3, -0.25) is 62.5 Å². The van der Waals surface area contributed by atoms with Gasteiger partial charge in [-0.25, -0.2) is 4.79 Å². The number of amides is 12. The zero-order valence-corrected chi connectivity index (χ0v) is 63.4. The number of likely N-dealkylation sites (N-methyl/N-ethyl adjacent to an activating group) is 7. The number of ether oxygens (including phenoxy) is 2. The molecule has 5 N–H and O–H groups in total. The number of cyclic esters (lactones) is 1. The SMILES string of the molecule is C/C=C/C[C@@H](C)[C@@H](O)[C@H]1C(=O)N[C@@H](CC)C(=O)N(C)[C@H](C)C(=O)N(C)[C@@H]([C@H](C)COCCN2CCN3C(=O)OC[C@@H]3C2)C(=O)N[C@@H](C(C)C)C(=O)N(C)[C@@H](CC(C)C)C(=O)N[C@@H](C)C(=O)N[C@H](C)C(=O)N(C)[C@@H](CC(C)C)C(=O)N(C)[C@@H](CC(C)C)C(=O)N(C)[C@@H](C(C)C)C(=O)N1C. The molecule has 98 heavy (non-hydrogen) atoms. The Morgan fingerprint density at radius 3 is 1.56 bits per heavy atom. The molecule has 3 saturated heterocycles. The van der Waals surface area contributed by atoms with Gasteiger partial charge in [-0.2, -0.15) is 0 Å². The number of nitrogens with one attached hydrogen (secondary N) is 4. The number of fused-ring (bicyclic) bond motifs is 1. The third kappa shape index (κ3) is 22.3. The van der Waals surface area contributed by atoms with Gasteiger partial charge >= 0.3 is 6.09 Å². The molecule has 28 heteroatoms. The van der Waals surface area contributed by atoms with Crippen LogP contribution < -0.4 is 21.3 Å². The Kier molecular flexibility index (Phi) is 33.6. The van der Waals surface area contributed by atoms with Gasteiger partial charge in [0.05, 0.1) is 25.4 Å². The van der Waals surface area contributed by atoms with Gasteiger partial charge in [0.2, 0.25) is 65.0 Å². The molecule has 3 fully saturated rings. The first-order valence-electron chi connectivity index (χ1n) is 35.2. The molecule has 558 valence electrons. The average Bonchev–Trinajstić information content (AvgIpc) is 1.10. The standard InChI is InChI=1S/C70H123N13O15/c1-25-27-28-44(13)58(84)57-62(88)73-50(26-2)65(91)75(18)48(17)64(90)80(23)56(45(14)37-97-32-31-82-29-30-83-49(36-82)38-98-70(83)96)61(87)74-54(42(9)10)68(94)76(19)51(33-39(3)4)60(86)71-46(15)59(85)72-47(16)63(89)77(20)52(34-40(5)6)66(92)78(21)53(35-41(7)8)67(93)79(22)55(43(11)12)69(95)81(57)24/h25,27,39-58,84H,26,28-38H2,1-24H3,(H,71,86)(H,72,85)(H,73,88)(H,74,87)/b27-25+/t44-,45-,46+,47-,48-,49+,50+,51+,52+,53+,54+,55+,56+,57+,58-/m1/s1.